The number of hydrogen-bond acceptors (Lipinski definition) is 2. The van der Waals surface area contributed by atoms with Gasteiger partial charge in [0.15, 0.2) is 0 Å². The van der Waals surface area contributed by atoms with Gasteiger partial charge in [-0.3, -0.25) is 4.79 Å². The zero-order chi connectivity index (χ0) is 15.9. The number of carboxylic acid groups (broad SMARTS) is 1. The molecule has 0 aromatic heterocycles. The van der Waals surface area contributed by atoms with E-state index in [2.05, 4.69) is 21.2 Å². The molecule has 1 aromatic carbocycles. The number of anilines is 1. The van der Waals surface area contributed by atoms with E-state index in [0.29, 0.717) is 19.5 Å². The molecule has 0 bridgehead atoms. The largest absolute Gasteiger partial charge is 0.481 e. The SMILES string of the molecule is Cc1c(Br)cccc1NC(=O)N1C[C@@H]2CCC[C@@]2(C(=O)O)C1. The summed E-state index contributed by atoms with van der Waals surface area (Å²) < 4.78 is 0.936. The fourth-order valence-electron chi connectivity index (χ4n) is 3.73. The molecule has 0 unspecified atom stereocenters. The van der Waals surface area contributed by atoms with E-state index in [-0.39, 0.29) is 11.9 Å². The van der Waals surface area contributed by atoms with Crippen molar-refractivity contribution in [2.45, 2.75) is 26.2 Å². The summed E-state index contributed by atoms with van der Waals surface area (Å²) in [5.41, 5.74) is 0.980. The summed E-state index contributed by atoms with van der Waals surface area (Å²) in [4.78, 5) is 25.8. The summed E-state index contributed by atoms with van der Waals surface area (Å²) in [5.74, 6) is -0.678. The van der Waals surface area contributed by atoms with Crippen LogP contribution in [-0.4, -0.2) is 35.1 Å². The molecule has 0 spiro atoms. The number of amides is 2. The van der Waals surface area contributed by atoms with E-state index >= 15 is 0 Å². The number of rotatable bonds is 2. The molecule has 3 rings (SSSR count). The normalized spacial score (nSPS) is 26.8. The lowest BCUT2D eigenvalue weighted by atomic mass is 9.81. The maximum Gasteiger partial charge on any atom is 0.321 e. The fraction of sp³-hybridized carbons (Fsp3) is 0.500. The van der Waals surface area contributed by atoms with Gasteiger partial charge in [-0.15, -0.1) is 0 Å². The third-order valence-corrected chi connectivity index (χ3v) is 5.95. The third kappa shape index (κ3) is 2.39. The summed E-state index contributed by atoms with van der Waals surface area (Å²) >= 11 is 3.44. The molecule has 2 N–H and O–H groups in total. The van der Waals surface area contributed by atoms with E-state index in [1.54, 1.807) is 4.90 Å². The standard InChI is InChI=1S/C16H19BrN2O3/c1-10-12(17)5-2-6-13(10)18-15(22)19-8-11-4-3-7-16(11,9-19)14(20)21/h2,5-6,11H,3-4,7-9H2,1H3,(H,18,22)(H,20,21)/t11-,16+/m0/s1. The van der Waals surface area contributed by atoms with Crippen LogP contribution in [0.3, 0.4) is 0 Å². The van der Waals surface area contributed by atoms with Crippen LogP contribution in [0.4, 0.5) is 10.5 Å². The Hall–Kier alpha value is -1.56. The summed E-state index contributed by atoms with van der Waals surface area (Å²) in [6.45, 7) is 2.77. The van der Waals surface area contributed by atoms with Crippen molar-refractivity contribution in [3.05, 3.63) is 28.2 Å². The minimum absolute atomic E-state index is 0.0827. The van der Waals surface area contributed by atoms with Gasteiger partial charge in [0.2, 0.25) is 0 Å². The zero-order valence-electron chi connectivity index (χ0n) is 12.4. The first-order chi connectivity index (χ1) is 10.4. The fourth-order valence-corrected chi connectivity index (χ4v) is 4.10. The monoisotopic (exact) mass is 366 g/mol. The Labute approximate surface area is 137 Å². The number of aliphatic carboxylic acids is 1. The van der Waals surface area contributed by atoms with Crippen molar-refractivity contribution in [3.63, 3.8) is 0 Å². The first kappa shape index (κ1) is 15.3. The van der Waals surface area contributed by atoms with Crippen LogP contribution >= 0.6 is 15.9 Å². The minimum atomic E-state index is -0.760. The van der Waals surface area contributed by atoms with Crippen LogP contribution in [0, 0.1) is 18.3 Å². The highest BCUT2D eigenvalue weighted by atomic mass is 79.9. The number of likely N-dealkylation sites (tertiary alicyclic amines) is 1. The van der Waals surface area contributed by atoms with E-state index in [9.17, 15) is 14.7 Å². The first-order valence-electron chi connectivity index (χ1n) is 7.48. The molecule has 0 radical (unpaired) electrons. The Bertz CT molecular complexity index is 634. The Kier molecular flexibility index (Phi) is 3.89. The Balaban J connectivity index is 1.75. The molecule has 1 saturated heterocycles. The number of nitrogens with zero attached hydrogens (tertiary/aromatic N) is 1. The second kappa shape index (κ2) is 5.57. The molecule has 1 saturated carbocycles. The topological polar surface area (TPSA) is 69.6 Å². The van der Waals surface area contributed by atoms with Gasteiger partial charge in [0.25, 0.3) is 0 Å². The van der Waals surface area contributed by atoms with Crippen LogP contribution < -0.4 is 5.32 Å². The van der Waals surface area contributed by atoms with Crippen molar-refractivity contribution in [1.29, 1.82) is 0 Å². The Morgan fingerprint density at radius 3 is 2.91 bits per heavy atom. The average molecular weight is 367 g/mol. The zero-order valence-corrected chi connectivity index (χ0v) is 14.0. The van der Waals surface area contributed by atoms with E-state index in [0.717, 1.165) is 28.6 Å². The quantitative estimate of drug-likeness (QED) is 0.841. The third-order valence-electron chi connectivity index (χ3n) is 5.09. The summed E-state index contributed by atoms with van der Waals surface area (Å²) in [5, 5.41) is 12.5. The van der Waals surface area contributed by atoms with Crippen molar-refractivity contribution < 1.29 is 14.7 Å². The van der Waals surface area contributed by atoms with E-state index < -0.39 is 11.4 Å². The van der Waals surface area contributed by atoms with Gasteiger partial charge < -0.3 is 15.3 Å². The van der Waals surface area contributed by atoms with Gasteiger partial charge in [-0.05, 0) is 43.4 Å². The van der Waals surface area contributed by atoms with Crippen molar-refractivity contribution in [2.24, 2.45) is 11.3 Å². The van der Waals surface area contributed by atoms with Crippen molar-refractivity contribution in [3.8, 4) is 0 Å². The molecule has 22 heavy (non-hydrogen) atoms. The molecule has 6 heteroatoms. The van der Waals surface area contributed by atoms with E-state index in [4.69, 9.17) is 0 Å². The van der Waals surface area contributed by atoms with Crippen molar-refractivity contribution in [1.82, 2.24) is 4.90 Å². The van der Waals surface area contributed by atoms with Crippen LogP contribution in [-0.2, 0) is 4.79 Å². The predicted octanol–water partition coefficient (Wildman–Crippen LogP) is 3.48. The molecule has 1 aliphatic carbocycles. The van der Waals surface area contributed by atoms with Crippen LogP contribution in [0.5, 0.6) is 0 Å². The lowest BCUT2D eigenvalue weighted by Crippen LogP contribution is -2.38. The van der Waals surface area contributed by atoms with Crippen LogP contribution in [0.2, 0.25) is 0 Å². The number of fused-ring (bicyclic) bond motifs is 1. The highest BCUT2D eigenvalue weighted by Crippen LogP contribution is 2.49. The highest BCUT2D eigenvalue weighted by molar-refractivity contribution is 9.10. The number of benzene rings is 1. The van der Waals surface area contributed by atoms with Gasteiger partial charge in [0, 0.05) is 23.2 Å². The van der Waals surface area contributed by atoms with Gasteiger partial charge in [0.1, 0.15) is 0 Å². The number of halogens is 1. The lowest BCUT2D eigenvalue weighted by Gasteiger charge is -2.23. The summed E-state index contributed by atoms with van der Waals surface area (Å²) in [7, 11) is 0. The van der Waals surface area contributed by atoms with Gasteiger partial charge in [-0.1, -0.05) is 28.4 Å². The van der Waals surface area contributed by atoms with Gasteiger partial charge in [-0.2, -0.15) is 0 Å². The average Bonchev–Trinajstić information content (AvgIpc) is 3.01. The predicted molar refractivity (Wildman–Crippen MR) is 86.9 cm³/mol. The Morgan fingerprint density at radius 2 is 2.23 bits per heavy atom. The molecule has 1 aliphatic heterocycles. The minimum Gasteiger partial charge on any atom is -0.481 e. The summed E-state index contributed by atoms with van der Waals surface area (Å²) in [6, 6.07) is 5.42. The number of nitrogens with one attached hydrogen (secondary N) is 1. The summed E-state index contributed by atoms with van der Waals surface area (Å²) in [6.07, 6.45) is 2.51. The number of carbonyl (C=O) groups excluding carboxylic acids is 1. The van der Waals surface area contributed by atoms with Gasteiger partial charge in [0.05, 0.1) is 5.41 Å². The Morgan fingerprint density at radius 1 is 1.45 bits per heavy atom. The van der Waals surface area contributed by atoms with Crippen molar-refractivity contribution in [2.75, 3.05) is 18.4 Å². The smallest absolute Gasteiger partial charge is 0.321 e. The van der Waals surface area contributed by atoms with E-state index in [1.165, 1.54) is 0 Å². The molecule has 2 aliphatic rings. The highest BCUT2D eigenvalue weighted by Gasteiger charge is 2.55. The number of hydrogen-bond donors (Lipinski definition) is 2. The molecular weight excluding hydrogens is 348 g/mol. The first-order valence-corrected chi connectivity index (χ1v) is 8.28. The lowest BCUT2D eigenvalue weighted by molar-refractivity contribution is -0.149. The maximum atomic E-state index is 12.5. The van der Waals surface area contributed by atoms with Gasteiger partial charge in [-0.25, -0.2) is 4.79 Å². The molecule has 2 atom stereocenters. The molecule has 1 aromatic rings. The second-order valence-electron chi connectivity index (χ2n) is 6.27. The molecular formula is C16H19BrN2O3. The van der Waals surface area contributed by atoms with Crippen LogP contribution in [0.25, 0.3) is 0 Å². The molecule has 2 fully saturated rings. The molecule has 2 amide bonds. The molecule has 118 valence electrons. The van der Waals surface area contributed by atoms with Crippen molar-refractivity contribution >= 4 is 33.6 Å². The van der Waals surface area contributed by atoms with E-state index in [1.807, 2.05) is 25.1 Å². The molecule has 5 nitrogen and oxygen atoms in total. The maximum absolute atomic E-state index is 12.5. The number of carboxylic acids is 1. The second-order valence-corrected chi connectivity index (χ2v) is 7.13. The molecule has 1 heterocycles. The number of carbonyl (C=O) groups is 2. The van der Waals surface area contributed by atoms with Crippen LogP contribution in [0.1, 0.15) is 24.8 Å². The number of urea groups is 1. The van der Waals surface area contributed by atoms with Gasteiger partial charge >= 0.3 is 12.0 Å². The van der Waals surface area contributed by atoms with Crippen LogP contribution in [0.15, 0.2) is 22.7 Å².